The van der Waals surface area contributed by atoms with E-state index in [1.165, 1.54) is 12.4 Å². The van der Waals surface area contributed by atoms with Crippen LogP contribution in [0.25, 0.3) is 0 Å². The summed E-state index contributed by atoms with van der Waals surface area (Å²) in [6, 6.07) is 0.345. The van der Waals surface area contributed by atoms with Crippen LogP contribution < -0.4 is 15.7 Å². The van der Waals surface area contributed by atoms with E-state index in [1.807, 2.05) is 6.08 Å². The van der Waals surface area contributed by atoms with Gasteiger partial charge in [0.25, 0.3) is 0 Å². The highest BCUT2D eigenvalue weighted by Gasteiger charge is 2.10. The van der Waals surface area contributed by atoms with Crippen LogP contribution in [0.4, 0.5) is 0 Å². The van der Waals surface area contributed by atoms with E-state index in [-0.39, 0.29) is 6.04 Å². The zero-order chi connectivity index (χ0) is 9.80. The van der Waals surface area contributed by atoms with Crippen molar-refractivity contribution in [3.63, 3.8) is 0 Å². The maximum atomic E-state index is 5.42. The predicted octanol–water partition coefficient (Wildman–Crippen LogP) is -0.934. The molecule has 0 aliphatic carbocycles. The topological polar surface area (TPSA) is 56.3 Å². The van der Waals surface area contributed by atoms with E-state index in [2.05, 4.69) is 15.4 Å². The Morgan fingerprint density at radius 1 is 1.50 bits per heavy atom. The molecule has 1 unspecified atom stereocenters. The van der Waals surface area contributed by atoms with E-state index < -0.39 is 0 Å². The fourth-order valence-corrected chi connectivity index (χ4v) is 0.955. The minimum absolute atomic E-state index is 0.0381. The average Bonchev–Trinajstić information content (AvgIpc) is 2.70. The van der Waals surface area contributed by atoms with Gasteiger partial charge in [-0.15, -0.1) is 5.48 Å². The number of hydroxylamine groups is 1. The lowest BCUT2D eigenvalue weighted by atomic mass is 10.0. The molecule has 1 N–H and O–H groups in total. The van der Waals surface area contributed by atoms with Gasteiger partial charge in [-0.25, -0.2) is 9.97 Å². The highest BCUT2D eigenvalue weighted by molar-refractivity contribution is 6.31. The molecule has 5 nitrogen and oxygen atoms in total. The average molecular weight is 189 g/mol. The third kappa shape index (κ3) is 2.23. The SMILES string of the molecule is [B]c1cnc(OCC2C=CON2)nc1. The molecule has 0 fully saturated rings. The summed E-state index contributed by atoms with van der Waals surface area (Å²) in [5.41, 5.74) is 3.24. The number of nitrogens with zero attached hydrogens (tertiary/aromatic N) is 2. The van der Waals surface area contributed by atoms with Crippen LogP contribution in [0, 0.1) is 0 Å². The third-order valence-corrected chi connectivity index (χ3v) is 1.64. The maximum Gasteiger partial charge on any atom is 0.316 e. The van der Waals surface area contributed by atoms with Crippen LogP contribution in [0.2, 0.25) is 0 Å². The van der Waals surface area contributed by atoms with Gasteiger partial charge < -0.3 is 9.57 Å². The largest absolute Gasteiger partial charge is 0.461 e. The van der Waals surface area contributed by atoms with Crippen molar-refractivity contribution in [3.05, 3.63) is 24.7 Å². The van der Waals surface area contributed by atoms with Gasteiger partial charge in [0.15, 0.2) is 0 Å². The molecular weight excluding hydrogens is 181 g/mol. The van der Waals surface area contributed by atoms with Gasteiger partial charge in [-0.2, -0.15) is 0 Å². The summed E-state index contributed by atoms with van der Waals surface area (Å²) in [6.45, 7) is 0.417. The molecule has 1 aliphatic rings. The second kappa shape index (κ2) is 4.10. The molecular formula is C8H8BN3O2. The normalized spacial score (nSPS) is 19.3. The quantitative estimate of drug-likeness (QED) is 0.622. The maximum absolute atomic E-state index is 5.42. The van der Waals surface area contributed by atoms with Crippen molar-refractivity contribution in [2.75, 3.05) is 6.61 Å². The number of ether oxygens (including phenoxy) is 1. The van der Waals surface area contributed by atoms with E-state index in [0.29, 0.717) is 18.1 Å². The Labute approximate surface area is 82.5 Å². The number of hydrogen-bond donors (Lipinski definition) is 1. The molecule has 0 saturated heterocycles. The van der Waals surface area contributed by atoms with Gasteiger partial charge in [0.1, 0.15) is 20.7 Å². The van der Waals surface area contributed by atoms with Crippen LogP contribution in [0.15, 0.2) is 24.7 Å². The van der Waals surface area contributed by atoms with Crippen molar-refractivity contribution >= 4 is 13.3 Å². The molecule has 0 spiro atoms. The lowest BCUT2D eigenvalue weighted by molar-refractivity contribution is 0.118. The van der Waals surface area contributed by atoms with E-state index in [4.69, 9.17) is 17.4 Å². The number of aromatic nitrogens is 2. The Hall–Kier alpha value is -1.56. The summed E-state index contributed by atoms with van der Waals surface area (Å²) in [7, 11) is 5.42. The molecule has 0 aromatic carbocycles. The molecule has 1 atom stereocenters. The Kier molecular flexibility index (Phi) is 2.64. The molecule has 1 aliphatic heterocycles. The molecule has 1 aromatic heterocycles. The van der Waals surface area contributed by atoms with Gasteiger partial charge in [-0.1, -0.05) is 5.46 Å². The summed E-state index contributed by atoms with van der Waals surface area (Å²) in [5.74, 6) is 0. The molecule has 1 aromatic rings. The monoisotopic (exact) mass is 189 g/mol. The van der Waals surface area contributed by atoms with Crippen LogP contribution in [-0.2, 0) is 4.84 Å². The zero-order valence-electron chi connectivity index (χ0n) is 7.38. The molecule has 2 heterocycles. The molecule has 70 valence electrons. The second-order valence-corrected chi connectivity index (χ2v) is 2.78. The lowest BCUT2D eigenvalue weighted by Gasteiger charge is -2.08. The van der Waals surface area contributed by atoms with Gasteiger partial charge in [-0.05, 0) is 6.08 Å². The summed E-state index contributed by atoms with van der Waals surface area (Å²) in [4.78, 5) is 12.6. The molecule has 14 heavy (non-hydrogen) atoms. The summed E-state index contributed by atoms with van der Waals surface area (Å²) in [5, 5.41) is 0. The van der Waals surface area contributed by atoms with Gasteiger partial charge in [-0.3, -0.25) is 0 Å². The van der Waals surface area contributed by atoms with Gasteiger partial charge in [0, 0.05) is 12.4 Å². The third-order valence-electron chi connectivity index (χ3n) is 1.64. The summed E-state index contributed by atoms with van der Waals surface area (Å²) >= 11 is 0. The molecule has 0 bridgehead atoms. The first-order chi connectivity index (χ1) is 6.84. The Morgan fingerprint density at radius 3 is 2.93 bits per heavy atom. The Morgan fingerprint density at radius 2 is 2.29 bits per heavy atom. The van der Waals surface area contributed by atoms with Crippen LogP contribution in [0.3, 0.4) is 0 Å². The number of nitrogens with one attached hydrogen (secondary N) is 1. The van der Waals surface area contributed by atoms with Crippen LogP contribution in [-0.4, -0.2) is 30.5 Å². The van der Waals surface area contributed by atoms with Gasteiger partial charge >= 0.3 is 6.01 Å². The molecule has 0 saturated carbocycles. The van der Waals surface area contributed by atoms with Crippen molar-refractivity contribution in [3.8, 4) is 6.01 Å². The van der Waals surface area contributed by atoms with Crippen molar-refractivity contribution in [2.24, 2.45) is 0 Å². The predicted molar refractivity (Wildman–Crippen MR) is 50.1 cm³/mol. The minimum Gasteiger partial charge on any atom is -0.461 e. The first-order valence-electron chi connectivity index (χ1n) is 4.13. The van der Waals surface area contributed by atoms with Crippen LogP contribution in [0.5, 0.6) is 6.01 Å². The van der Waals surface area contributed by atoms with Crippen molar-refractivity contribution in [1.82, 2.24) is 15.4 Å². The summed E-state index contributed by atoms with van der Waals surface area (Å²) < 4.78 is 5.27. The van der Waals surface area contributed by atoms with Crippen molar-refractivity contribution < 1.29 is 9.57 Å². The van der Waals surface area contributed by atoms with Crippen LogP contribution in [0.1, 0.15) is 0 Å². The standard InChI is InChI=1S/C8H8BN3O2/c9-6-3-10-8(11-4-6)13-5-7-1-2-14-12-7/h1-4,7,12H,5H2. The Balaban J connectivity index is 1.85. The lowest BCUT2D eigenvalue weighted by Crippen LogP contribution is -2.28. The van der Waals surface area contributed by atoms with Crippen molar-refractivity contribution in [2.45, 2.75) is 6.04 Å². The molecule has 2 radical (unpaired) electrons. The zero-order valence-corrected chi connectivity index (χ0v) is 7.38. The number of hydrogen-bond acceptors (Lipinski definition) is 5. The fraction of sp³-hybridized carbons (Fsp3) is 0.250. The minimum atomic E-state index is 0.0381. The van der Waals surface area contributed by atoms with Crippen molar-refractivity contribution in [1.29, 1.82) is 0 Å². The van der Waals surface area contributed by atoms with Gasteiger partial charge in [0.05, 0.1) is 6.04 Å². The second-order valence-electron chi connectivity index (χ2n) is 2.78. The van der Waals surface area contributed by atoms with E-state index in [1.54, 1.807) is 6.26 Å². The fourth-order valence-electron chi connectivity index (χ4n) is 0.955. The molecule has 6 heteroatoms. The highest BCUT2D eigenvalue weighted by atomic mass is 16.6. The Bertz CT molecular complexity index is 328. The number of rotatable bonds is 3. The smallest absolute Gasteiger partial charge is 0.316 e. The highest BCUT2D eigenvalue weighted by Crippen LogP contribution is 2.01. The summed E-state index contributed by atoms with van der Waals surface area (Å²) in [6.07, 6.45) is 6.41. The van der Waals surface area contributed by atoms with Gasteiger partial charge in [0.2, 0.25) is 0 Å². The first-order valence-corrected chi connectivity index (χ1v) is 4.13. The van der Waals surface area contributed by atoms with Crippen LogP contribution >= 0.6 is 0 Å². The van der Waals surface area contributed by atoms with E-state index in [9.17, 15) is 0 Å². The van der Waals surface area contributed by atoms with E-state index in [0.717, 1.165) is 0 Å². The molecule has 0 amide bonds. The van der Waals surface area contributed by atoms with E-state index >= 15 is 0 Å². The molecule has 2 rings (SSSR count). The first kappa shape index (κ1) is 9.02.